The van der Waals surface area contributed by atoms with Crippen molar-refractivity contribution >= 4 is 0 Å². The third-order valence-corrected chi connectivity index (χ3v) is 4.33. The van der Waals surface area contributed by atoms with Crippen LogP contribution in [0.4, 0.5) is 0 Å². The summed E-state index contributed by atoms with van der Waals surface area (Å²) in [6.45, 7) is 3.59. The van der Waals surface area contributed by atoms with Crippen molar-refractivity contribution in [2.75, 3.05) is 13.2 Å². The molecule has 14 heavy (non-hydrogen) atoms. The van der Waals surface area contributed by atoms with E-state index in [2.05, 4.69) is 6.92 Å². The minimum Gasteiger partial charge on any atom is -0.393 e. The normalized spacial score (nSPS) is 50.1. The molecule has 1 spiro atoms. The summed E-state index contributed by atoms with van der Waals surface area (Å²) < 4.78 is 11.6. The highest BCUT2D eigenvalue weighted by atomic mass is 16.7. The topological polar surface area (TPSA) is 38.7 Å². The molecule has 0 radical (unpaired) electrons. The first-order chi connectivity index (χ1) is 6.73. The van der Waals surface area contributed by atoms with Crippen LogP contribution < -0.4 is 0 Å². The minimum absolute atomic E-state index is 0.132. The maximum absolute atomic E-state index is 10.0. The van der Waals surface area contributed by atoms with Crippen LogP contribution >= 0.6 is 0 Å². The molecule has 2 aliphatic carbocycles. The quantitative estimate of drug-likeness (QED) is 0.634. The fourth-order valence-corrected chi connectivity index (χ4v) is 3.63. The van der Waals surface area contributed by atoms with Crippen molar-refractivity contribution in [1.29, 1.82) is 0 Å². The lowest BCUT2D eigenvalue weighted by Crippen LogP contribution is -2.35. The Bertz CT molecular complexity index is 235. The van der Waals surface area contributed by atoms with E-state index in [1.54, 1.807) is 0 Å². The first kappa shape index (κ1) is 9.13. The van der Waals surface area contributed by atoms with Crippen molar-refractivity contribution in [3.63, 3.8) is 0 Å². The minimum atomic E-state index is -0.309. The number of hydrogen-bond acceptors (Lipinski definition) is 3. The molecule has 3 aliphatic rings. The van der Waals surface area contributed by atoms with E-state index in [9.17, 15) is 5.11 Å². The first-order valence-corrected chi connectivity index (χ1v) is 5.69. The molecule has 3 rings (SSSR count). The van der Waals surface area contributed by atoms with Gasteiger partial charge < -0.3 is 14.6 Å². The lowest BCUT2D eigenvalue weighted by atomic mass is 9.96. The van der Waals surface area contributed by atoms with Gasteiger partial charge in [-0.2, -0.15) is 0 Å². The van der Waals surface area contributed by atoms with Gasteiger partial charge in [-0.3, -0.25) is 0 Å². The van der Waals surface area contributed by atoms with Crippen LogP contribution in [0.15, 0.2) is 0 Å². The number of rotatable bonds is 0. The average Bonchev–Trinajstić information content (AvgIpc) is 2.82. The van der Waals surface area contributed by atoms with E-state index in [0.29, 0.717) is 17.8 Å². The van der Waals surface area contributed by atoms with Crippen LogP contribution in [0, 0.1) is 17.8 Å². The zero-order valence-corrected chi connectivity index (χ0v) is 8.61. The summed E-state index contributed by atoms with van der Waals surface area (Å²) in [6.07, 6.45) is 2.97. The molecule has 0 aromatic carbocycles. The van der Waals surface area contributed by atoms with Crippen molar-refractivity contribution in [2.24, 2.45) is 17.8 Å². The van der Waals surface area contributed by atoms with E-state index < -0.39 is 0 Å². The van der Waals surface area contributed by atoms with Gasteiger partial charge in [0.2, 0.25) is 0 Å². The van der Waals surface area contributed by atoms with Crippen LogP contribution in [0.5, 0.6) is 0 Å². The van der Waals surface area contributed by atoms with Crippen LogP contribution in [0.1, 0.15) is 26.2 Å². The van der Waals surface area contributed by atoms with E-state index in [1.165, 1.54) is 0 Å². The highest BCUT2D eigenvalue weighted by Gasteiger charge is 2.58. The molecule has 1 heterocycles. The van der Waals surface area contributed by atoms with E-state index in [-0.39, 0.29) is 11.9 Å². The van der Waals surface area contributed by atoms with Gasteiger partial charge in [-0.15, -0.1) is 0 Å². The van der Waals surface area contributed by atoms with Gasteiger partial charge in [-0.25, -0.2) is 0 Å². The maximum atomic E-state index is 10.0. The molecular weight excluding hydrogens is 180 g/mol. The molecule has 80 valence electrons. The molecular formula is C11H18O3. The van der Waals surface area contributed by atoms with Gasteiger partial charge in [0.1, 0.15) is 0 Å². The third-order valence-electron chi connectivity index (χ3n) is 4.33. The third kappa shape index (κ3) is 1.03. The SMILES string of the molecule is CC1C[C@H]2[C@H](CCC23OCCO3)C1O. The molecule has 0 aromatic rings. The van der Waals surface area contributed by atoms with E-state index in [4.69, 9.17) is 9.47 Å². The zero-order valence-electron chi connectivity index (χ0n) is 8.61. The van der Waals surface area contributed by atoms with E-state index >= 15 is 0 Å². The zero-order chi connectivity index (χ0) is 9.76. The van der Waals surface area contributed by atoms with Crippen LogP contribution in [-0.4, -0.2) is 30.2 Å². The summed E-state index contributed by atoms with van der Waals surface area (Å²) in [7, 11) is 0. The second-order valence-corrected chi connectivity index (χ2v) is 5.02. The fourth-order valence-electron chi connectivity index (χ4n) is 3.63. The van der Waals surface area contributed by atoms with Gasteiger partial charge in [0.15, 0.2) is 5.79 Å². The molecule has 0 aromatic heterocycles. The standard InChI is InChI=1S/C11H18O3/c1-7-6-9-8(10(7)12)2-3-11(9)13-4-5-14-11/h7-10,12H,2-6H2,1H3/t7?,8-,9-,10?/m0/s1. The molecule has 1 saturated heterocycles. The van der Waals surface area contributed by atoms with E-state index in [0.717, 1.165) is 32.5 Å². The van der Waals surface area contributed by atoms with Crippen molar-refractivity contribution in [3.05, 3.63) is 0 Å². The second kappa shape index (κ2) is 2.94. The first-order valence-electron chi connectivity index (χ1n) is 5.69. The van der Waals surface area contributed by atoms with Crippen molar-refractivity contribution < 1.29 is 14.6 Å². The molecule has 3 fully saturated rings. The molecule has 3 heteroatoms. The molecule has 1 aliphatic heterocycles. The van der Waals surface area contributed by atoms with Gasteiger partial charge in [0, 0.05) is 12.3 Å². The van der Waals surface area contributed by atoms with E-state index in [1.807, 2.05) is 0 Å². The van der Waals surface area contributed by atoms with Crippen LogP contribution in [0.2, 0.25) is 0 Å². The summed E-state index contributed by atoms with van der Waals surface area (Å²) in [5.41, 5.74) is 0. The van der Waals surface area contributed by atoms with Gasteiger partial charge in [-0.05, 0) is 24.7 Å². The molecule has 0 bridgehead atoms. The van der Waals surface area contributed by atoms with Gasteiger partial charge in [0.25, 0.3) is 0 Å². The Kier molecular flexibility index (Phi) is 1.92. The predicted molar refractivity (Wildman–Crippen MR) is 50.6 cm³/mol. The molecule has 2 unspecified atom stereocenters. The Morgan fingerprint density at radius 2 is 2.00 bits per heavy atom. The van der Waals surface area contributed by atoms with Crippen molar-refractivity contribution in [3.8, 4) is 0 Å². The second-order valence-electron chi connectivity index (χ2n) is 5.02. The monoisotopic (exact) mass is 198 g/mol. The largest absolute Gasteiger partial charge is 0.393 e. The smallest absolute Gasteiger partial charge is 0.171 e. The molecule has 3 nitrogen and oxygen atoms in total. The Morgan fingerprint density at radius 3 is 2.71 bits per heavy atom. The lowest BCUT2D eigenvalue weighted by Gasteiger charge is -2.28. The van der Waals surface area contributed by atoms with Crippen LogP contribution in [-0.2, 0) is 9.47 Å². The molecule has 0 amide bonds. The maximum Gasteiger partial charge on any atom is 0.171 e. The summed E-state index contributed by atoms with van der Waals surface area (Å²) in [4.78, 5) is 0. The van der Waals surface area contributed by atoms with Crippen LogP contribution in [0.3, 0.4) is 0 Å². The number of fused-ring (bicyclic) bond motifs is 2. The summed E-state index contributed by atoms with van der Waals surface area (Å²) in [5.74, 6) is 0.962. The molecule has 1 N–H and O–H groups in total. The Balaban J connectivity index is 1.86. The highest BCUT2D eigenvalue weighted by Crippen LogP contribution is 2.55. The summed E-state index contributed by atoms with van der Waals surface area (Å²) in [6, 6.07) is 0. The number of aliphatic hydroxyl groups is 1. The highest BCUT2D eigenvalue weighted by molar-refractivity contribution is 5.02. The average molecular weight is 198 g/mol. The van der Waals surface area contributed by atoms with Crippen molar-refractivity contribution in [1.82, 2.24) is 0 Å². The summed E-state index contributed by atoms with van der Waals surface area (Å²) >= 11 is 0. The van der Waals surface area contributed by atoms with Gasteiger partial charge in [-0.1, -0.05) is 6.92 Å². The number of aliphatic hydroxyl groups excluding tert-OH is 1. The van der Waals surface area contributed by atoms with Gasteiger partial charge in [0.05, 0.1) is 19.3 Å². The van der Waals surface area contributed by atoms with Gasteiger partial charge >= 0.3 is 0 Å². The predicted octanol–water partition coefficient (Wildman–Crippen LogP) is 1.16. The Hall–Kier alpha value is -0.120. The molecule has 2 saturated carbocycles. The number of hydrogen-bond donors (Lipinski definition) is 1. The Labute approximate surface area is 84.4 Å². The fraction of sp³-hybridized carbons (Fsp3) is 1.00. The van der Waals surface area contributed by atoms with Crippen LogP contribution in [0.25, 0.3) is 0 Å². The van der Waals surface area contributed by atoms with Crippen molar-refractivity contribution in [2.45, 2.75) is 38.1 Å². The number of ether oxygens (including phenoxy) is 2. The summed E-state index contributed by atoms with van der Waals surface area (Å²) in [5, 5.41) is 10.0. The Morgan fingerprint density at radius 1 is 1.29 bits per heavy atom. The molecule has 4 atom stereocenters. The lowest BCUT2D eigenvalue weighted by molar-refractivity contribution is -0.184.